The molecule has 7 nitrogen and oxygen atoms in total. The van der Waals surface area contributed by atoms with Crippen molar-refractivity contribution in [1.29, 1.82) is 0 Å². The molecular weight excluding hydrogens is 534 g/mol. The second-order valence-corrected chi connectivity index (χ2v) is 12.5. The van der Waals surface area contributed by atoms with Crippen LogP contribution in [0.3, 0.4) is 0 Å². The number of benzene rings is 3. The van der Waals surface area contributed by atoms with Gasteiger partial charge in [-0.25, -0.2) is 8.42 Å². The first kappa shape index (κ1) is 30.5. The summed E-state index contributed by atoms with van der Waals surface area (Å²) < 4.78 is 28.2. The van der Waals surface area contributed by atoms with Gasteiger partial charge in [-0.3, -0.25) is 9.59 Å². The number of rotatable bonds is 12. The highest BCUT2D eigenvalue weighted by Gasteiger charge is 2.34. The second kappa shape index (κ2) is 14.4. The predicted octanol–water partition coefficient (Wildman–Crippen LogP) is 5.30. The smallest absolute Gasteiger partial charge is 0.243 e. The molecule has 3 aromatic carbocycles. The van der Waals surface area contributed by atoms with Gasteiger partial charge in [0.05, 0.1) is 17.4 Å². The van der Waals surface area contributed by atoms with Crippen molar-refractivity contribution in [2.45, 2.75) is 62.9 Å². The van der Waals surface area contributed by atoms with Crippen molar-refractivity contribution >= 4 is 21.8 Å². The normalized spacial score (nSPS) is 15.0. The van der Waals surface area contributed by atoms with Crippen LogP contribution in [0.15, 0.2) is 95.9 Å². The summed E-state index contributed by atoms with van der Waals surface area (Å²) in [6.07, 6.45) is 2.62. The average Bonchev–Trinajstić information content (AvgIpc) is 3.01. The molecule has 1 atom stereocenters. The van der Waals surface area contributed by atoms with E-state index in [4.69, 9.17) is 0 Å². The highest BCUT2D eigenvalue weighted by Crippen LogP contribution is 2.26. The van der Waals surface area contributed by atoms with Crippen molar-refractivity contribution in [3.05, 3.63) is 102 Å². The first-order chi connectivity index (χ1) is 19.8. The average molecular weight is 576 g/mol. The maximum Gasteiger partial charge on any atom is 0.243 e. The summed E-state index contributed by atoms with van der Waals surface area (Å²) in [5.74, 6) is -0.274. The topological polar surface area (TPSA) is 78.0 Å². The number of carbonyl (C=O) groups is 2. The fraction of sp³-hybridized carbons (Fsp3) is 0.394. The van der Waals surface area contributed by atoms with Crippen LogP contribution in [-0.2, 0) is 26.2 Å². The van der Waals surface area contributed by atoms with Crippen LogP contribution in [0.5, 0.6) is 0 Å². The van der Waals surface area contributed by atoms with Crippen molar-refractivity contribution in [1.82, 2.24) is 14.1 Å². The molecule has 8 heteroatoms. The number of likely N-dealkylation sites (tertiary alicyclic amines) is 1. The van der Waals surface area contributed by atoms with E-state index in [-0.39, 0.29) is 41.8 Å². The van der Waals surface area contributed by atoms with Crippen LogP contribution in [0.2, 0.25) is 0 Å². The maximum absolute atomic E-state index is 13.9. The zero-order valence-corrected chi connectivity index (χ0v) is 24.9. The molecule has 41 heavy (non-hydrogen) atoms. The molecule has 1 heterocycles. The molecule has 3 aromatic rings. The number of nitrogens with zero attached hydrogens (tertiary/aromatic N) is 3. The third kappa shape index (κ3) is 7.63. The third-order valence-electron chi connectivity index (χ3n) is 7.81. The Morgan fingerprint density at radius 2 is 1.41 bits per heavy atom. The van der Waals surface area contributed by atoms with Gasteiger partial charge in [0.15, 0.2) is 0 Å². The lowest BCUT2D eigenvalue weighted by molar-refractivity contribution is -0.138. The highest BCUT2D eigenvalue weighted by atomic mass is 32.2. The number of amides is 2. The predicted molar refractivity (Wildman–Crippen MR) is 162 cm³/mol. The third-order valence-corrected chi connectivity index (χ3v) is 9.67. The van der Waals surface area contributed by atoms with E-state index in [1.165, 1.54) is 4.31 Å². The molecule has 0 bridgehead atoms. The number of hydrogen-bond acceptors (Lipinski definition) is 4. The zero-order chi connectivity index (χ0) is 29.2. The Labute approximate surface area is 244 Å². The van der Waals surface area contributed by atoms with Gasteiger partial charge in [-0.1, -0.05) is 92.7 Å². The molecule has 1 saturated heterocycles. The summed E-state index contributed by atoms with van der Waals surface area (Å²) >= 11 is 0. The lowest BCUT2D eigenvalue weighted by Gasteiger charge is -2.40. The second-order valence-electron chi connectivity index (χ2n) is 10.6. The van der Waals surface area contributed by atoms with Crippen molar-refractivity contribution < 1.29 is 18.0 Å². The van der Waals surface area contributed by atoms with E-state index in [0.29, 0.717) is 38.9 Å². The van der Waals surface area contributed by atoms with Crippen LogP contribution < -0.4 is 0 Å². The molecular formula is C33H41N3O4S. The Balaban J connectivity index is 1.51. The largest absolute Gasteiger partial charge is 0.342 e. The van der Waals surface area contributed by atoms with Gasteiger partial charge in [0.25, 0.3) is 0 Å². The molecule has 0 radical (unpaired) electrons. The van der Waals surface area contributed by atoms with Crippen molar-refractivity contribution in [3.63, 3.8) is 0 Å². The molecule has 4 rings (SSSR count). The van der Waals surface area contributed by atoms with E-state index in [1.807, 2.05) is 84.3 Å². The van der Waals surface area contributed by atoms with E-state index in [0.717, 1.165) is 17.5 Å². The quantitative estimate of drug-likeness (QED) is 0.294. The van der Waals surface area contributed by atoms with Gasteiger partial charge in [-0.15, -0.1) is 0 Å². The number of carbonyl (C=O) groups excluding carboxylic acids is 2. The molecule has 0 spiro atoms. The summed E-state index contributed by atoms with van der Waals surface area (Å²) in [7, 11) is -3.82. The molecule has 0 saturated carbocycles. The Hall–Kier alpha value is -3.49. The molecule has 218 valence electrons. The Morgan fingerprint density at radius 1 is 0.854 bits per heavy atom. The fourth-order valence-electron chi connectivity index (χ4n) is 5.57. The van der Waals surface area contributed by atoms with Gasteiger partial charge >= 0.3 is 0 Å². The van der Waals surface area contributed by atoms with Gasteiger partial charge in [-0.2, -0.15) is 4.31 Å². The number of sulfonamides is 1. The minimum atomic E-state index is -3.82. The summed E-state index contributed by atoms with van der Waals surface area (Å²) in [6, 6.07) is 27.9. The lowest BCUT2D eigenvalue weighted by atomic mass is 9.93. The number of piperidine rings is 1. The Bertz CT molecular complexity index is 1360. The lowest BCUT2D eigenvalue weighted by Crippen LogP contribution is -2.51. The summed E-state index contributed by atoms with van der Waals surface area (Å²) in [4.78, 5) is 31.3. The molecule has 2 amide bonds. The first-order valence-corrected chi connectivity index (χ1v) is 16.0. The van der Waals surface area contributed by atoms with Gasteiger partial charge in [0.1, 0.15) is 0 Å². The zero-order valence-electron chi connectivity index (χ0n) is 24.1. The minimum absolute atomic E-state index is 0.0912. The van der Waals surface area contributed by atoms with E-state index >= 15 is 0 Å². The van der Waals surface area contributed by atoms with E-state index in [9.17, 15) is 18.0 Å². The molecule has 1 fully saturated rings. The van der Waals surface area contributed by atoms with E-state index in [1.54, 1.807) is 30.3 Å². The van der Waals surface area contributed by atoms with Crippen LogP contribution in [0.4, 0.5) is 0 Å². The highest BCUT2D eigenvalue weighted by molar-refractivity contribution is 7.89. The molecule has 0 N–H and O–H groups in total. The summed E-state index contributed by atoms with van der Waals surface area (Å²) in [5.41, 5.74) is 2.01. The van der Waals surface area contributed by atoms with Crippen molar-refractivity contribution in [3.8, 4) is 0 Å². The van der Waals surface area contributed by atoms with Gasteiger partial charge in [0, 0.05) is 32.2 Å². The minimum Gasteiger partial charge on any atom is -0.342 e. The fourth-order valence-corrected chi connectivity index (χ4v) is 7.08. The van der Waals surface area contributed by atoms with Crippen LogP contribution in [-0.4, -0.2) is 66.6 Å². The SMILES string of the molecule is CCCN(CC(=O)N(Cc1ccccc1)C1CCN(C(=O)C(CC)c2ccccc2)CC1)S(=O)(=O)c1ccccc1. The molecule has 1 unspecified atom stereocenters. The maximum atomic E-state index is 13.9. The van der Waals surface area contributed by atoms with Gasteiger partial charge in [0.2, 0.25) is 21.8 Å². The van der Waals surface area contributed by atoms with Crippen molar-refractivity contribution in [2.75, 3.05) is 26.2 Å². The monoisotopic (exact) mass is 575 g/mol. The molecule has 0 aromatic heterocycles. The molecule has 0 aliphatic carbocycles. The van der Waals surface area contributed by atoms with Crippen molar-refractivity contribution in [2.24, 2.45) is 0 Å². The van der Waals surface area contributed by atoms with Crippen LogP contribution in [0, 0.1) is 0 Å². The van der Waals surface area contributed by atoms with E-state index in [2.05, 4.69) is 0 Å². The van der Waals surface area contributed by atoms with Crippen LogP contribution in [0.1, 0.15) is 56.6 Å². The van der Waals surface area contributed by atoms with E-state index < -0.39 is 10.0 Å². The van der Waals surface area contributed by atoms with Gasteiger partial charge < -0.3 is 9.80 Å². The molecule has 1 aliphatic heterocycles. The first-order valence-electron chi connectivity index (χ1n) is 14.6. The standard InChI is InChI=1S/C33H41N3O4S/c1-3-22-35(41(39,40)30-18-12-7-13-19-30)26-32(37)36(25-27-14-8-5-9-15-27)29-20-23-34(24-21-29)33(38)31(4-2)28-16-10-6-11-17-28/h5-19,29,31H,3-4,20-26H2,1-2H3. The number of hydrogen-bond donors (Lipinski definition) is 0. The summed E-state index contributed by atoms with van der Waals surface area (Å²) in [5, 5.41) is 0. The van der Waals surface area contributed by atoms with Crippen LogP contribution >= 0.6 is 0 Å². The Kier molecular flexibility index (Phi) is 10.7. The molecule has 1 aliphatic rings. The Morgan fingerprint density at radius 3 is 1.98 bits per heavy atom. The van der Waals surface area contributed by atoms with Gasteiger partial charge in [-0.05, 0) is 48.9 Å². The summed E-state index contributed by atoms with van der Waals surface area (Å²) in [6.45, 7) is 5.50. The van der Waals surface area contributed by atoms with Crippen LogP contribution in [0.25, 0.3) is 0 Å².